The van der Waals surface area contributed by atoms with Gasteiger partial charge in [-0.1, -0.05) is 0 Å². The molecule has 3 rings (SSSR count). The molecule has 0 bridgehead atoms. The van der Waals surface area contributed by atoms with Crippen molar-refractivity contribution in [1.82, 2.24) is 14.4 Å². The molecule has 0 aliphatic carbocycles. The minimum atomic E-state index is 0.163. The van der Waals surface area contributed by atoms with Gasteiger partial charge in [0, 0.05) is 47.8 Å². The second kappa shape index (κ2) is 6.36. The lowest BCUT2D eigenvalue weighted by molar-refractivity contribution is 0.0635. The predicted octanol–water partition coefficient (Wildman–Crippen LogP) is 3.39. The first-order valence-electron chi connectivity index (χ1n) is 8.53. The van der Waals surface area contributed by atoms with E-state index in [1.54, 1.807) is 0 Å². The maximum atomic E-state index is 12.9. The molecule has 1 amide bonds. The number of fused-ring (bicyclic) bond motifs is 1. The molecule has 23 heavy (non-hydrogen) atoms. The van der Waals surface area contributed by atoms with Crippen LogP contribution in [0, 0.1) is 0 Å². The van der Waals surface area contributed by atoms with Crippen molar-refractivity contribution >= 4 is 16.8 Å². The third kappa shape index (κ3) is 3.13. The van der Waals surface area contributed by atoms with Gasteiger partial charge in [-0.15, -0.1) is 0 Å². The number of likely N-dealkylation sites (N-methyl/N-ethyl adjacent to an activating group) is 1. The number of likely N-dealkylation sites (tertiary alicyclic amines) is 1. The van der Waals surface area contributed by atoms with Crippen molar-refractivity contribution in [2.24, 2.45) is 0 Å². The summed E-state index contributed by atoms with van der Waals surface area (Å²) in [5.41, 5.74) is 2.00. The predicted molar refractivity (Wildman–Crippen MR) is 94.9 cm³/mol. The number of hydrogen-bond donors (Lipinski definition) is 0. The summed E-state index contributed by atoms with van der Waals surface area (Å²) < 4.78 is 2.24. The van der Waals surface area contributed by atoms with E-state index in [0.29, 0.717) is 12.1 Å². The number of amides is 1. The molecular formula is C19H27N3O. The van der Waals surface area contributed by atoms with Crippen molar-refractivity contribution < 1.29 is 4.79 Å². The van der Waals surface area contributed by atoms with Gasteiger partial charge in [-0.25, -0.2) is 0 Å². The van der Waals surface area contributed by atoms with Gasteiger partial charge in [0.2, 0.25) is 0 Å². The lowest BCUT2D eigenvalue weighted by Crippen LogP contribution is -2.47. The minimum Gasteiger partial charge on any atom is -0.345 e. The van der Waals surface area contributed by atoms with Crippen LogP contribution < -0.4 is 0 Å². The number of hydrogen-bond acceptors (Lipinski definition) is 2. The van der Waals surface area contributed by atoms with Gasteiger partial charge in [-0.2, -0.15) is 0 Å². The average Bonchev–Trinajstić information content (AvgIpc) is 2.97. The summed E-state index contributed by atoms with van der Waals surface area (Å²) in [4.78, 5) is 17.1. The van der Waals surface area contributed by atoms with Crippen LogP contribution in [0.1, 0.15) is 43.1 Å². The van der Waals surface area contributed by atoms with E-state index in [0.717, 1.165) is 30.5 Å². The fourth-order valence-electron chi connectivity index (χ4n) is 3.49. The third-order valence-electron chi connectivity index (χ3n) is 4.94. The van der Waals surface area contributed by atoms with Gasteiger partial charge in [0.25, 0.3) is 5.91 Å². The number of benzene rings is 1. The van der Waals surface area contributed by atoms with E-state index in [1.165, 1.54) is 11.9 Å². The fraction of sp³-hybridized carbons (Fsp3) is 0.526. The highest BCUT2D eigenvalue weighted by Gasteiger charge is 2.25. The van der Waals surface area contributed by atoms with Crippen LogP contribution in [-0.4, -0.2) is 53.5 Å². The summed E-state index contributed by atoms with van der Waals surface area (Å²) in [5, 5.41) is 1.14. The Hall–Kier alpha value is -1.81. The molecule has 2 aromatic rings. The van der Waals surface area contributed by atoms with Gasteiger partial charge in [0.15, 0.2) is 0 Å². The summed E-state index contributed by atoms with van der Waals surface area (Å²) in [7, 11) is 4.19. The van der Waals surface area contributed by atoms with Crippen molar-refractivity contribution in [3.8, 4) is 0 Å². The minimum absolute atomic E-state index is 0.163. The molecule has 0 N–H and O–H groups in total. The summed E-state index contributed by atoms with van der Waals surface area (Å²) in [6, 6.07) is 9.09. The summed E-state index contributed by atoms with van der Waals surface area (Å²) in [6.45, 7) is 6.05. The van der Waals surface area contributed by atoms with E-state index in [2.05, 4.69) is 55.7 Å². The zero-order valence-electron chi connectivity index (χ0n) is 14.6. The van der Waals surface area contributed by atoms with Crippen molar-refractivity contribution in [3.63, 3.8) is 0 Å². The van der Waals surface area contributed by atoms with E-state index in [1.807, 2.05) is 17.0 Å². The zero-order valence-corrected chi connectivity index (χ0v) is 14.6. The Morgan fingerprint density at radius 1 is 1.26 bits per heavy atom. The molecule has 0 saturated carbocycles. The van der Waals surface area contributed by atoms with Crippen molar-refractivity contribution in [2.45, 2.75) is 38.8 Å². The Kier molecular flexibility index (Phi) is 4.44. The molecule has 4 heteroatoms. The van der Waals surface area contributed by atoms with Gasteiger partial charge < -0.3 is 14.4 Å². The quantitative estimate of drug-likeness (QED) is 0.869. The first-order valence-corrected chi connectivity index (χ1v) is 8.53. The normalized spacial score (nSPS) is 19.0. The molecule has 1 aliphatic heterocycles. The highest BCUT2D eigenvalue weighted by Crippen LogP contribution is 2.23. The van der Waals surface area contributed by atoms with Gasteiger partial charge in [0.1, 0.15) is 0 Å². The van der Waals surface area contributed by atoms with Crippen LogP contribution in [0.5, 0.6) is 0 Å². The number of nitrogens with zero attached hydrogens (tertiary/aromatic N) is 3. The molecule has 1 aliphatic rings. The molecule has 4 nitrogen and oxygen atoms in total. The van der Waals surface area contributed by atoms with E-state index < -0.39 is 0 Å². The Labute approximate surface area is 138 Å². The van der Waals surface area contributed by atoms with Crippen molar-refractivity contribution in [1.29, 1.82) is 0 Å². The van der Waals surface area contributed by atoms with Crippen molar-refractivity contribution in [2.75, 3.05) is 27.2 Å². The first kappa shape index (κ1) is 16.1. The van der Waals surface area contributed by atoms with E-state index >= 15 is 0 Å². The van der Waals surface area contributed by atoms with Crippen molar-refractivity contribution in [3.05, 3.63) is 36.0 Å². The van der Waals surface area contributed by atoms with Gasteiger partial charge >= 0.3 is 0 Å². The Bertz CT molecular complexity index is 702. The molecule has 1 aromatic heterocycles. The Morgan fingerprint density at radius 2 is 2.04 bits per heavy atom. The van der Waals surface area contributed by atoms with Gasteiger partial charge in [-0.3, -0.25) is 4.79 Å². The van der Waals surface area contributed by atoms with Gasteiger partial charge in [-0.05, 0) is 65.0 Å². The number of piperidine rings is 1. The smallest absolute Gasteiger partial charge is 0.253 e. The van der Waals surface area contributed by atoms with Crippen LogP contribution in [0.2, 0.25) is 0 Å². The summed E-state index contributed by atoms with van der Waals surface area (Å²) >= 11 is 0. The monoisotopic (exact) mass is 313 g/mol. The Morgan fingerprint density at radius 3 is 2.74 bits per heavy atom. The van der Waals surface area contributed by atoms with E-state index in [-0.39, 0.29) is 5.91 Å². The fourth-order valence-corrected chi connectivity index (χ4v) is 3.49. The Balaban J connectivity index is 1.83. The molecule has 1 atom stereocenters. The molecule has 124 valence electrons. The number of carbonyl (C=O) groups excluding carboxylic acids is 1. The second-order valence-corrected chi connectivity index (χ2v) is 7.10. The maximum absolute atomic E-state index is 12.9. The molecule has 1 aromatic carbocycles. The topological polar surface area (TPSA) is 28.5 Å². The average molecular weight is 313 g/mol. The molecule has 2 heterocycles. The van der Waals surface area contributed by atoms with Crippen LogP contribution in [0.4, 0.5) is 0 Å². The van der Waals surface area contributed by atoms with Crippen LogP contribution in [0.15, 0.2) is 30.5 Å². The SMILES string of the molecule is CC(C)n1ccc2cc(C(=O)N3CCCC(N(C)C)C3)ccc21. The lowest BCUT2D eigenvalue weighted by Gasteiger charge is -2.36. The van der Waals surface area contributed by atoms with Crippen LogP contribution in [0.3, 0.4) is 0 Å². The number of aromatic nitrogens is 1. The second-order valence-electron chi connectivity index (χ2n) is 7.10. The molecule has 0 spiro atoms. The summed E-state index contributed by atoms with van der Waals surface area (Å²) in [5.74, 6) is 0.163. The molecular weight excluding hydrogens is 286 g/mol. The highest BCUT2D eigenvalue weighted by molar-refractivity contribution is 5.98. The van der Waals surface area contributed by atoms with Crippen LogP contribution in [-0.2, 0) is 0 Å². The standard InChI is InChI=1S/C19H27N3O/c1-14(2)22-11-9-15-12-16(7-8-18(15)22)19(23)21-10-5-6-17(13-21)20(3)4/h7-9,11-12,14,17H,5-6,10,13H2,1-4H3. The number of carbonyl (C=O) groups is 1. The van der Waals surface area contributed by atoms with Gasteiger partial charge in [0.05, 0.1) is 0 Å². The molecule has 1 fully saturated rings. The largest absolute Gasteiger partial charge is 0.345 e. The first-order chi connectivity index (χ1) is 11.0. The molecule has 1 saturated heterocycles. The van der Waals surface area contributed by atoms with Crippen LogP contribution in [0.25, 0.3) is 10.9 Å². The molecule has 1 unspecified atom stereocenters. The number of rotatable bonds is 3. The molecule has 0 radical (unpaired) electrons. The van der Waals surface area contributed by atoms with Crippen LogP contribution >= 0.6 is 0 Å². The third-order valence-corrected chi connectivity index (χ3v) is 4.94. The highest BCUT2D eigenvalue weighted by atomic mass is 16.2. The lowest BCUT2D eigenvalue weighted by atomic mass is 10.0. The summed E-state index contributed by atoms with van der Waals surface area (Å²) in [6.07, 6.45) is 4.36. The maximum Gasteiger partial charge on any atom is 0.253 e. The van der Waals surface area contributed by atoms with E-state index in [9.17, 15) is 4.79 Å². The zero-order chi connectivity index (χ0) is 16.6. The van der Waals surface area contributed by atoms with E-state index in [4.69, 9.17) is 0 Å².